The van der Waals surface area contributed by atoms with Crippen LogP contribution in [0.4, 0.5) is 0 Å². The van der Waals surface area contributed by atoms with Crippen LogP contribution in [0.25, 0.3) is 10.8 Å². The molecule has 3 rings (SSSR count). The van der Waals surface area contributed by atoms with Crippen LogP contribution >= 0.6 is 7.92 Å². The minimum absolute atomic E-state index is 0. The average Bonchev–Trinajstić information content (AvgIpc) is 3.18. The van der Waals surface area contributed by atoms with Gasteiger partial charge in [-0.05, 0) is 11.3 Å². The maximum absolute atomic E-state index is 2.39. The summed E-state index contributed by atoms with van der Waals surface area (Å²) in [6.07, 6.45) is 3.88. The molecule has 0 aliphatic carbocycles. The van der Waals surface area contributed by atoms with Crippen LogP contribution in [0.1, 0.15) is 58.6 Å². The predicted molar refractivity (Wildman–Crippen MR) is 122 cm³/mol. The van der Waals surface area contributed by atoms with E-state index >= 15 is 0 Å². The molecule has 0 saturated heterocycles. The van der Waals surface area contributed by atoms with E-state index in [9.17, 15) is 0 Å². The molecule has 0 fully saturated rings. The fourth-order valence-electron chi connectivity index (χ4n) is 3.67. The Morgan fingerprint density at radius 3 is 2.07 bits per heavy atom. The van der Waals surface area contributed by atoms with E-state index in [-0.39, 0.29) is 58.6 Å². The molecule has 0 aliphatic heterocycles. The maximum Gasteiger partial charge on any atom is 4.00 e. The van der Waals surface area contributed by atoms with E-state index in [0.717, 1.165) is 11.3 Å². The Labute approximate surface area is 211 Å². The van der Waals surface area contributed by atoms with Crippen LogP contribution < -0.4 is 30.1 Å². The molecule has 29 heavy (non-hydrogen) atoms. The average molecular weight is 616 g/mol. The molecule has 0 atom stereocenters. The Morgan fingerprint density at radius 1 is 0.966 bits per heavy atom. The van der Waals surface area contributed by atoms with Gasteiger partial charge in [-0.15, -0.1) is 40.3 Å². The summed E-state index contributed by atoms with van der Waals surface area (Å²) in [5, 5.41) is 4.36. The van der Waals surface area contributed by atoms with Gasteiger partial charge < -0.3 is 24.8 Å². The third-order valence-corrected chi connectivity index (χ3v) is 8.04. The van der Waals surface area contributed by atoms with E-state index in [1.807, 2.05) is 0 Å². The van der Waals surface area contributed by atoms with E-state index in [2.05, 4.69) is 96.1 Å². The Hall–Kier alpha value is 0.0601. The number of rotatable bonds is 6. The van der Waals surface area contributed by atoms with Crippen LogP contribution in [0, 0.1) is 6.92 Å². The van der Waals surface area contributed by atoms with E-state index in [1.165, 1.54) is 41.2 Å². The summed E-state index contributed by atoms with van der Waals surface area (Å²) in [5.74, 6) is 0. The zero-order valence-electron chi connectivity index (χ0n) is 18.7. The molecular weight excluding hydrogens is 581 g/mol. The van der Waals surface area contributed by atoms with Crippen LogP contribution in [-0.4, -0.2) is 11.3 Å². The summed E-state index contributed by atoms with van der Waals surface area (Å²) in [6.45, 7) is 13.8. The predicted octanol–water partition coefficient (Wildman–Crippen LogP) is 1.54. The van der Waals surface area contributed by atoms with E-state index in [0.29, 0.717) is 0 Å². The van der Waals surface area contributed by atoms with Crippen molar-refractivity contribution in [2.45, 2.75) is 72.1 Å². The minimum Gasteiger partial charge on any atom is -1.00 e. The number of aryl methyl sites for hydroxylation is 2. The minimum atomic E-state index is -0.0206. The summed E-state index contributed by atoms with van der Waals surface area (Å²) in [6, 6.07) is 20.0. The molecule has 0 aliphatic rings. The first-order valence-corrected chi connectivity index (χ1v) is 11.6. The van der Waals surface area contributed by atoms with Crippen molar-refractivity contribution < 1.29 is 50.7 Å². The van der Waals surface area contributed by atoms with Crippen molar-refractivity contribution in [2.24, 2.45) is 0 Å². The molecule has 0 unspecified atom stereocenters. The van der Waals surface area contributed by atoms with Gasteiger partial charge >= 0.3 is 25.8 Å². The van der Waals surface area contributed by atoms with Crippen LogP contribution in [-0.2, 0) is 32.3 Å². The second-order valence-corrected chi connectivity index (χ2v) is 11.2. The number of halogens is 2. The number of benzene rings is 1. The summed E-state index contributed by atoms with van der Waals surface area (Å²) in [7, 11) is -0.0206. The van der Waals surface area contributed by atoms with Gasteiger partial charge in [-0.3, -0.25) is 0 Å². The van der Waals surface area contributed by atoms with Gasteiger partial charge in [-0.2, -0.15) is 23.3 Å². The van der Waals surface area contributed by atoms with E-state index in [1.54, 1.807) is 5.30 Å². The van der Waals surface area contributed by atoms with E-state index < -0.39 is 0 Å². The number of hydrogen-bond donors (Lipinski definition) is 0. The molecule has 158 valence electrons. The van der Waals surface area contributed by atoms with Gasteiger partial charge in [0.1, 0.15) is 0 Å². The number of unbranched alkanes of at least 4 members (excludes halogenated alkanes) is 1. The molecule has 0 heterocycles. The van der Waals surface area contributed by atoms with Crippen LogP contribution in [0.5, 0.6) is 0 Å². The monoisotopic (exact) mass is 616 g/mol. The van der Waals surface area contributed by atoms with Crippen LogP contribution in [0.15, 0.2) is 54.6 Å². The first-order valence-electron chi connectivity index (χ1n) is 10.1. The van der Waals surface area contributed by atoms with Gasteiger partial charge in [0.15, 0.2) is 0 Å². The molecule has 3 aromatic rings. The van der Waals surface area contributed by atoms with Gasteiger partial charge in [0.05, 0.1) is 0 Å². The van der Waals surface area contributed by atoms with Crippen molar-refractivity contribution in [3.8, 4) is 0 Å². The molecule has 0 aromatic heterocycles. The molecule has 0 saturated carbocycles. The first kappa shape index (κ1) is 31.2. The van der Waals surface area contributed by atoms with Crippen molar-refractivity contribution in [1.82, 2.24) is 0 Å². The van der Waals surface area contributed by atoms with Crippen molar-refractivity contribution >= 4 is 24.0 Å². The fraction of sp³-hybridized carbons (Fsp3) is 0.440. The number of hydrogen-bond acceptors (Lipinski definition) is 0. The first-order chi connectivity index (χ1) is 12.4. The topological polar surface area (TPSA) is 0 Å². The third-order valence-electron chi connectivity index (χ3n) is 4.96. The van der Waals surface area contributed by atoms with Crippen LogP contribution in [0.2, 0.25) is 0 Å². The summed E-state index contributed by atoms with van der Waals surface area (Å²) in [5.41, 5.74) is 4.52. The number of fused-ring (bicyclic) bond motifs is 1. The van der Waals surface area contributed by atoms with Crippen LogP contribution in [0.3, 0.4) is 0 Å². The molecule has 4 heteroatoms. The molecule has 0 N–H and O–H groups in total. The van der Waals surface area contributed by atoms with Crippen molar-refractivity contribution in [1.29, 1.82) is 0 Å². The Morgan fingerprint density at radius 2 is 1.59 bits per heavy atom. The quantitative estimate of drug-likeness (QED) is 0.224. The van der Waals surface area contributed by atoms with Crippen molar-refractivity contribution in [2.75, 3.05) is 0 Å². The zero-order chi connectivity index (χ0) is 19.1. The SMILES string of the molecule is CC(C)P(c1cc2ccccc2[cH-]1)C(C)C.CCCC[c-]1cccc1C.[Cl-].[Cl-].[Hf+4]. The molecule has 3 aromatic carbocycles. The van der Waals surface area contributed by atoms with Crippen molar-refractivity contribution in [3.63, 3.8) is 0 Å². The van der Waals surface area contributed by atoms with Crippen molar-refractivity contribution in [3.05, 3.63) is 65.7 Å². The third kappa shape index (κ3) is 9.39. The standard InChI is InChI=1S/C15H20P.C10H15.2ClH.Hf/c1-11(2)16(12(3)4)15-9-13-7-5-6-8-14(13)10-15;1-3-4-7-10-8-5-6-9(10)2;;;/h5-12H,1-4H3;5-6,8H,3-4,7H2,1-2H3;2*1H;/q2*-1;;;+4/p-2. The van der Waals surface area contributed by atoms with Gasteiger partial charge in [0.25, 0.3) is 0 Å². The molecule has 0 bridgehead atoms. The fourth-order valence-corrected chi connectivity index (χ4v) is 6.63. The van der Waals surface area contributed by atoms with Gasteiger partial charge in [0.2, 0.25) is 0 Å². The molecule has 0 radical (unpaired) electrons. The molecule has 0 spiro atoms. The van der Waals surface area contributed by atoms with E-state index in [4.69, 9.17) is 0 Å². The molecule has 0 nitrogen and oxygen atoms in total. The molecule has 0 amide bonds. The smallest absolute Gasteiger partial charge is 1.00 e. The summed E-state index contributed by atoms with van der Waals surface area (Å²) < 4.78 is 0. The van der Waals surface area contributed by atoms with Gasteiger partial charge in [-0.1, -0.05) is 74.8 Å². The van der Waals surface area contributed by atoms with Gasteiger partial charge in [-0.25, -0.2) is 12.1 Å². The Balaban J connectivity index is 0. The normalized spacial score (nSPS) is 10.2. The Kier molecular flexibility index (Phi) is 17.0. The second kappa shape index (κ2) is 15.8. The zero-order valence-corrected chi connectivity index (χ0v) is 24.7. The Bertz CT molecular complexity index is 748. The largest absolute Gasteiger partial charge is 4.00 e. The van der Waals surface area contributed by atoms with Gasteiger partial charge in [0, 0.05) is 0 Å². The second-order valence-electron chi connectivity index (χ2n) is 7.77. The maximum atomic E-state index is 2.39. The molecular formula is C25H35Cl2HfP. The summed E-state index contributed by atoms with van der Waals surface area (Å²) >= 11 is 0. The summed E-state index contributed by atoms with van der Waals surface area (Å²) in [4.78, 5) is 0.